The van der Waals surface area contributed by atoms with Gasteiger partial charge in [0.25, 0.3) is 0 Å². The molecule has 0 unspecified atom stereocenters. The molecule has 0 saturated heterocycles. The first-order chi connectivity index (χ1) is 9.16. The van der Waals surface area contributed by atoms with E-state index >= 15 is 0 Å². The summed E-state index contributed by atoms with van der Waals surface area (Å²) in [5.41, 5.74) is 2.06. The molecule has 0 bridgehead atoms. The van der Waals surface area contributed by atoms with Gasteiger partial charge in [0.2, 0.25) is 0 Å². The third-order valence-corrected chi connectivity index (χ3v) is 4.31. The van der Waals surface area contributed by atoms with Crippen molar-refractivity contribution in [3.05, 3.63) is 69.3 Å². The van der Waals surface area contributed by atoms with Crippen LogP contribution < -0.4 is 0 Å². The summed E-state index contributed by atoms with van der Waals surface area (Å²) in [5, 5.41) is 10.7. The van der Waals surface area contributed by atoms with Crippen LogP contribution in [0.25, 0.3) is 0 Å². The molecule has 4 nitrogen and oxygen atoms in total. The summed E-state index contributed by atoms with van der Waals surface area (Å²) < 4.78 is 0. The second-order valence-electron chi connectivity index (χ2n) is 4.23. The fraction of sp³-hybridized carbons (Fsp3) is 0.0714. The summed E-state index contributed by atoms with van der Waals surface area (Å²) in [7, 11) is 0. The SMILES string of the molecule is O=C(c1cccc2c1Cc1ccccc1S2)[N+](=O)[O-]. The Morgan fingerprint density at radius 1 is 1.11 bits per heavy atom. The summed E-state index contributed by atoms with van der Waals surface area (Å²) in [6.45, 7) is 0. The molecule has 0 spiro atoms. The first-order valence-electron chi connectivity index (χ1n) is 5.73. The van der Waals surface area contributed by atoms with Gasteiger partial charge < -0.3 is 0 Å². The van der Waals surface area contributed by atoms with Crippen LogP contribution in [-0.4, -0.2) is 10.8 Å². The van der Waals surface area contributed by atoms with Crippen LogP contribution in [0.1, 0.15) is 21.5 Å². The Morgan fingerprint density at radius 2 is 1.84 bits per heavy atom. The Bertz CT molecular complexity index is 697. The van der Waals surface area contributed by atoms with E-state index in [0.717, 1.165) is 20.9 Å². The lowest BCUT2D eigenvalue weighted by Crippen LogP contribution is -2.15. The van der Waals surface area contributed by atoms with Crippen molar-refractivity contribution < 1.29 is 9.72 Å². The zero-order valence-electron chi connectivity index (χ0n) is 9.83. The van der Waals surface area contributed by atoms with Gasteiger partial charge in [0, 0.05) is 16.2 Å². The highest BCUT2D eigenvalue weighted by atomic mass is 32.2. The lowest BCUT2D eigenvalue weighted by molar-refractivity contribution is -0.375. The largest absolute Gasteiger partial charge is 0.476 e. The van der Waals surface area contributed by atoms with Crippen molar-refractivity contribution in [2.45, 2.75) is 16.2 Å². The van der Waals surface area contributed by atoms with E-state index in [1.165, 1.54) is 6.07 Å². The summed E-state index contributed by atoms with van der Waals surface area (Å²) in [6.07, 6.45) is 0.564. The lowest BCUT2D eigenvalue weighted by Gasteiger charge is -2.19. The van der Waals surface area contributed by atoms with Gasteiger partial charge in [-0.25, -0.2) is 4.79 Å². The van der Waals surface area contributed by atoms with Gasteiger partial charge in [0.1, 0.15) is 10.5 Å². The standard InChI is InChI=1S/C14H9NO3S/c16-14(15(17)18)10-5-3-7-13-11(10)8-9-4-1-2-6-12(9)19-13/h1-7H,8H2. The number of nitro groups is 1. The van der Waals surface area contributed by atoms with E-state index in [4.69, 9.17) is 0 Å². The number of rotatable bonds is 1. The fourth-order valence-electron chi connectivity index (χ4n) is 2.20. The molecule has 19 heavy (non-hydrogen) atoms. The van der Waals surface area contributed by atoms with Gasteiger partial charge >= 0.3 is 5.91 Å². The Labute approximate surface area is 113 Å². The summed E-state index contributed by atoms with van der Waals surface area (Å²) in [5.74, 6) is -1.03. The van der Waals surface area contributed by atoms with E-state index < -0.39 is 10.8 Å². The molecular weight excluding hydrogens is 262 g/mol. The molecule has 1 amide bonds. The Hall–Kier alpha value is -2.14. The molecule has 0 radical (unpaired) electrons. The predicted molar refractivity (Wildman–Crippen MR) is 71.1 cm³/mol. The highest BCUT2D eigenvalue weighted by Crippen LogP contribution is 2.40. The Balaban J connectivity index is 2.11. The molecule has 1 aliphatic heterocycles. The van der Waals surface area contributed by atoms with Crippen molar-refractivity contribution >= 4 is 17.7 Å². The van der Waals surface area contributed by atoms with Crippen molar-refractivity contribution in [1.29, 1.82) is 0 Å². The monoisotopic (exact) mass is 271 g/mol. The molecule has 0 fully saturated rings. The van der Waals surface area contributed by atoms with E-state index in [2.05, 4.69) is 0 Å². The maximum Gasteiger partial charge on any atom is 0.476 e. The predicted octanol–water partition coefficient (Wildman–Crippen LogP) is 3.16. The molecule has 0 aliphatic carbocycles. The number of carbonyl (C=O) groups is 1. The van der Waals surface area contributed by atoms with Gasteiger partial charge in [-0.2, -0.15) is 0 Å². The molecule has 0 aromatic heterocycles. The Kier molecular flexibility index (Phi) is 2.83. The number of hydrogen-bond donors (Lipinski definition) is 0. The first-order valence-corrected chi connectivity index (χ1v) is 6.55. The first kappa shape index (κ1) is 11.9. The molecule has 1 heterocycles. The average molecular weight is 271 g/mol. The van der Waals surface area contributed by atoms with Crippen LogP contribution in [-0.2, 0) is 6.42 Å². The van der Waals surface area contributed by atoms with Crippen LogP contribution in [0.3, 0.4) is 0 Å². The molecule has 2 aromatic rings. The minimum atomic E-state index is -1.03. The zero-order chi connectivity index (χ0) is 13.4. The third-order valence-electron chi connectivity index (χ3n) is 3.09. The molecule has 0 saturated carbocycles. The van der Waals surface area contributed by atoms with Crippen molar-refractivity contribution in [2.75, 3.05) is 0 Å². The van der Waals surface area contributed by atoms with E-state index in [1.807, 2.05) is 30.3 Å². The van der Waals surface area contributed by atoms with E-state index in [0.29, 0.717) is 6.42 Å². The van der Waals surface area contributed by atoms with Gasteiger partial charge in [0.05, 0.1) is 0 Å². The maximum atomic E-state index is 11.6. The van der Waals surface area contributed by atoms with E-state index in [-0.39, 0.29) is 5.56 Å². The maximum absolute atomic E-state index is 11.6. The molecule has 94 valence electrons. The summed E-state index contributed by atoms with van der Waals surface area (Å²) >= 11 is 1.55. The van der Waals surface area contributed by atoms with Crippen molar-refractivity contribution in [3.63, 3.8) is 0 Å². The molecule has 0 N–H and O–H groups in total. The number of hydrogen-bond acceptors (Lipinski definition) is 4. The quantitative estimate of drug-likeness (QED) is 0.504. The van der Waals surface area contributed by atoms with E-state index in [1.54, 1.807) is 17.8 Å². The van der Waals surface area contributed by atoms with Crippen molar-refractivity contribution in [2.24, 2.45) is 0 Å². The molecule has 5 heteroatoms. The summed E-state index contributed by atoms with van der Waals surface area (Å²) in [6, 6.07) is 13.0. The normalized spacial score (nSPS) is 12.4. The van der Waals surface area contributed by atoms with E-state index in [9.17, 15) is 14.9 Å². The van der Waals surface area contributed by atoms with Crippen LogP contribution in [0, 0.1) is 10.1 Å². The Morgan fingerprint density at radius 3 is 2.63 bits per heavy atom. The molecule has 3 rings (SSSR count). The fourth-order valence-corrected chi connectivity index (χ4v) is 3.31. The van der Waals surface area contributed by atoms with Crippen LogP contribution >= 0.6 is 11.8 Å². The number of amides is 1. The highest BCUT2D eigenvalue weighted by Gasteiger charge is 2.27. The zero-order valence-corrected chi connectivity index (χ0v) is 10.6. The van der Waals surface area contributed by atoms with Crippen molar-refractivity contribution in [3.8, 4) is 0 Å². The topological polar surface area (TPSA) is 60.2 Å². The van der Waals surface area contributed by atoms with Crippen LogP contribution in [0.4, 0.5) is 0 Å². The number of fused-ring (bicyclic) bond motifs is 2. The minimum Gasteiger partial charge on any atom is -0.255 e. The van der Waals surface area contributed by atoms with Gasteiger partial charge in [-0.05, 0) is 29.3 Å². The number of nitrogens with zero attached hydrogens (tertiary/aromatic N) is 1. The van der Waals surface area contributed by atoms with Crippen LogP contribution in [0.5, 0.6) is 0 Å². The average Bonchev–Trinajstić information content (AvgIpc) is 2.43. The van der Waals surface area contributed by atoms with Gasteiger partial charge in [0.15, 0.2) is 0 Å². The van der Waals surface area contributed by atoms with Crippen LogP contribution in [0.2, 0.25) is 0 Å². The molecule has 0 atom stereocenters. The number of benzene rings is 2. The third kappa shape index (κ3) is 2.02. The van der Waals surface area contributed by atoms with Gasteiger partial charge in [-0.1, -0.05) is 36.0 Å². The minimum absolute atomic E-state index is 0.199. The van der Waals surface area contributed by atoms with Gasteiger partial charge in [-0.15, -0.1) is 0 Å². The lowest BCUT2D eigenvalue weighted by atomic mass is 9.98. The highest BCUT2D eigenvalue weighted by molar-refractivity contribution is 7.99. The summed E-state index contributed by atoms with van der Waals surface area (Å²) in [4.78, 5) is 23.5. The second-order valence-corrected chi connectivity index (χ2v) is 5.31. The smallest absolute Gasteiger partial charge is 0.255 e. The molecular formula is C14H9NO3S. The van der Waals surface area contributed by atoms with Crippen LogP contribution in [0.15, 0.2) is 52.3 Å². The van der Waals surface area contributed by atoms with Gasteiger partial charge in [-0.3, -0.25) is 10.1 Å². The van der Waals surface area contributed by atoms with Crippen molar-refractivity contribution in [1.82, 2.24) is 0 Å². The second kappa shape index (κ2) is 4.51. The number of carbonyl (C=O) groups excluding carboxylic acids is 1. The molecule has 1 aliphatic rings. The molecule has 2 aromatic carbocycles.